The van der Waals surface area contributed by atoms with E-state index in [2.05, 4.69) is 16.1 Å². The van der Waals surface area contributed by atoms with Crippen molar-refractivity contribution in [2.24, 2.45) is 0 Å². The molecule has 32 heavy (non-hydrogen) atoms. The lowest BCUT2D eigenvalue weighted by molar-refractivity contribution is -0.375. The summed E-state index contributed by atoms with van der Waals surface area (Å²) in [4.78, 5) is 0. The molecule has 0 bridgehead atoms. The minimum Gasteiger partial charge on any atom is -0.486 e. The van der Waals surface area contributed by atoms with E-state index in [1.807, 2.05) is 0 Å². The maximum Gasteiger partial charge on any atom is 0.429 e. The van der Waals surface area contributed by atoms with Gasteiger partial charge in [0.1, 0.15) is 13.2 Å². The third-order valence-electron chi connectivity index (χ3n) is 3.95. The number of aliphatic hydroxyl groups is 2. The zero-order valence-electron chi connectivity index (χ0n) is 15.2. The van der Waals surface area contributed by atoms with Gasteiger partial charge in [-0.2, -0.15) is 52.7 Å². The van der Waals surface area contributed by atoms with E-state index in [0.717, 1.165) is 12.1 Å². The molecule has 0 aliphatic rings. The Kier molecular flexibility index (Phi) is 7.38. The molecule has 0 fully saturated rings. The minimum atomic E-state index is -6.32. The summed E-state index contributed by atoms with van der Waals surface area (Å²) in [6.45, 7) is -1.96. The van der Waals surface area contributed by atoms with E-state index >= 15 is 0 Å². The van der Waals surface area contributed by atoms with E-state index < -0.39 is 60.6 Å². The van der Waals surface area contributed by atoms with Crippen LogP contribution in [0.3, 0.4) is 0 Å². The highest BCUT2D eigenvalue weighted by Gasteiger charge is 2.72. The SMILES string of the molecule is C=Cc1ccc(OCC(O)(C(F)(F)F)C(F)(F)F)c(OCC(O)(C(F)(F)F)C(F)(F)F)c1. The third-order valence-corrected chi connectivity index (χ3v) is 3.95. The molecule has 0 heterocycles. The van der Waals surface area contributed by atoms with Crippen molar-refractivity contribution < 1.29 is 72.4 Å². The Balaban J connectivity index is 3.33. The summed E-state index contributed by atoms with van der Waals surface area (Å²) in [6, 6.07) is 2.00. The Morgan fingerprint density at radius 3 is 1.31 bits per heavy atom. The summed E-state index contributed by atoms with van der Waals surface area (Å²) in [5.74, 6) is -2.41. The zero-order valence-corrected chi connectivity index (χ0v) is 15.2. The highest BCUT2D eigenvalue weighted by Crippen LogP contribution is 2.45. The molecule has 0 aromatic heterocycles. The molecule has 0 aliphatic heterocycles. The quantitative estimate of drug-likeness (QED) is 0.533. The molecule has 2 N–H and O–H groups in total. The maximum absolute atomic E-state index is 12.7. The lowest BCUT2D eigenvalue weighted by atomic mass is 10.0. The molecule has 0 atom stereocenters. The Morgan fingerprint density at radius 1 is 0.656 bits per heavy atom. The molecule has 0 aliphatic carbocycles. The van der Waals surface area contributed by atoms with E-state index in [1.54, 1.807) is 0 Å². The van der Waals surface area contributed by atoms with Crippen molar-refractivity contribution >= 4 is 6.08 Å². The van der Waals surface area contributed by atoms with Crippen LogP contribution in [0.2, 0.25) is 0 Å². The number of rotatable bonds is 7. The van der Waals surface area contributed by atoms with Crippen molar-refractivity contribution in [1.82, 2.24) is 0 Å². The van der Waals surface area contributed by atoms with E-state index in [-0.39, 0.29) is 5.56 Å². The molecule has 0 saturated carbocycles. The largest absolute Gasteiger partial charge is 0.486 e. The van der Waals surface area contributed by atoms with Gasteiger partial charge in [0.2, 0.25) is 0 Å². The molecule has 0 spiro atoms. The summed E-state index contributed by atoms with van der Waals surface area (Å²) in [5.41, 5.74) is -11.0. The van der Waals surface area contributed by atoms with E-state index in [1.165, 1.54) is 0 Å². The molecule has 0 unspecified atom stereocenters. The predicted octanol–water partition coefficient (Wildman–Crippen LogP) is 4.80. The fraction of sp³-hybridized carbons (Fsp3) is 0.500. The molecule has 1 rings (SSSR count). The van der Waals surface area contributed by atoms with Crippen molar-refractivity contribution in [1.29, 1.82) is 0 Å². The lowest BCUT2D eigenvalue weighted by Crippen LogP contribution is -2.60. The number of benzene rings is 1. The van der Waals surface area contributed by atoms with Crippen LogP contribution in [0.25, 0.3) is 6.08 Å². The molecule has 16 heteroatoms. The number of ether oxygens (including phenoxy) is 2. The maximum atomic E-state index is 12.7. The fourth-order valence-electron chi connectivity index (χ4n) is 1.90. The second kappa shape index (κ2) is 8.53. The molecular formula is C16H12F12O4. The minimum absolute atomic E-state index is 0.114. The van der Waals surface area contributed by atoms with Crippen molar-refractivity contribution in [3.8, 4) is 11.5 Å². The number of halogens is 12. The molecule has 0 saturated heterocycles. The van der Waals surface area contributed by atoms with Gasteiger partial charge in [0.05, 0.1) is 0 Å². The third kappa shape index (κ3) is 5.33. The first kappa shape index (κ1) is 27.7. The van der Waals surface area contributed by atoms with Crippen LogP contribution in [-0.4, -0.2) is 59.3 Å². The van der Waals surface area contributed by atoms with Gasteiger partial charge < -0.3 is 19.7 Å². The van der Waals surface area contributed by atoms with Crippen LogP contribution < -0.4 is 9.47 Å². The van der Waals surface area contributed by atoms with Gasteiger partial charge in [-0.15, -0.1) is 0 Å². The first-order valence-electron chi connectivity index (χ1n) is 7.84. The topological polar surface area (TPSA) is 58.9 Å². The van der Waals surface area contributed by atoms with Gasteiger partial charge >= 0.3 is 24.7 Å². The van der Waals surface area contributed by atoms with Gasteiger partial charge in [-0.1, -0.05) is 18.7 Å². The second-order valence-electron chi connectivity index (χ2n) is 6.20. The highest BCUT2D eigenvalue weighted by atomic mass is 19.4. The van der Waals surface area contributed by atoms with Crippen LogP contribution in [0.4, 0.5) is 52.7 Å². The van der Waals surface area contributed by atoms with Gasteiger partial charge in [-0.05, 0) is 17.7 Å². The highest BCUT2D eigenvalue weighted by molar-refractivity contribution is 5.54. The lowest BCUT2D eigenvalue weighted by Gasteiger charge is -2.33. The summed E-state index contributed by atoms with van der Waals surface area (Å²) >= 11 is 0. The van der Waals surface area contributed by atoms with Crippen LogP contribution in [-0.2, 0) is 0 Å². The molecule has 184 valence electrons. The van der Waals surface area contributed by atoms with Crippen LogP contribution in [0, 0.1) is 0 Å². The van der Waals surface area contributed by atoms with Crippen LogP contribution in [0.5, 0.6) is 11.5 Å². The van der Waals surface area contributed by atoms with Gasteiger partial charge in [-0.3, -0.25) is 0 Å². The molecule has 0 amide bonds. The molecule has 0 radical (unpaired) electrons. The number of hydrogen-bond donors (Lipinski definition) is 2. The number of hydrogen-bond acceptors (Lipinski definition) is 4. The fourth-order valence-corrected chi connectivity index (χ4v) is 1.90. The van der Waals surface area contributed by atoms with E-state index in [0.29, 0.717) is 12.1 Å². The van der Waals surface area contributed by atoms with Crippen molar-refractivity contribution in [3.63, 3.8) is 0 Å². The molecule has 4 nitrogen and oxygen atoms in total. The number of alkyl halides is 12. The van der Waals surface area contributed by atoms with Crippen molar-refractivity contribution in [3.05, 3.63) is 30.3 Å². The van der Waals surface area contributed by atoms with Crippen LogP contribution in [0.1, 0.15) is 5.56 Å². The zero-order chi connectivity index (χ0) is 25.4. The monoisotopic (exact) mass is 496 g/mol. The summed E-state index contributed by atoms with van der Waals surface area (Å²) in [5, 5.41) is 18.1. The predicted molar refractivity (Wildman–Crippen MR) is 81.6 cm³/mol. The Bertz CT molecular complexity index is 779. The Labute approximate surface area is 170 Å². The Hall–Kier alpha value is -2.36. The average molecular weight is 496 g/mol. The van der Waals surface area contributed by atoms with Gasteiger partial charge in [0.15, 0.2) is 11.5 Å². The smallest absolute Gasteiger partial charge is 0.429 e. The summed E-state index contributed by atoms with van der Waals surface area (Å²) in [7, 11) is 0. The van der Waals surface area contributed by atoms with Crippen LogP contribution in [0.15, 0.2) is 24.8 Å². The van der Waals surface area contributed by atoms with E-state index in [4.69, 9.17) is 10.2 Å². The van der Waals surface area contributed by atoms with Crippen molar-refractivity contribution in [2.75, 3.05) is 13.2 Å². The van der Waals surface area contributed by atoms with Gasteiger partial charge in [0, 0.05) is 0 Å². The molecular weight excluding hydrogens is 484 g/mol. The average Bonchev–Trinajstić information content (AvgIpc) is 2.60. The normalized spacial score (nSPS) is 14.3. The first-order chi connectivity index (χ1) is 14.1. The summed E-state index contributed by atoms with van der Waals surface area (Å²) < 4.78 is 161. The molecule has 1 aromatic rings. The molecule has 1 aromatic carbocycles. The Morgan fingerprint density at radius 2 is 1.00 bits per heavy atom. The van der Waals surface area contributed by atoms with Crippen molar-refractivity contribution in [2.45, 2.75) is 35.9 Å². The first-order valence-corrected chi connectivity index (χ1v) is 7.84. The van der Waals surface area contributed by atoms with E-state index in [9.17, 15) is 52.7 Å². The second-order valence-corrected chi connectivity index (χ2v) is 6.20. The van der Waals surface area contributed by atoms with Gasteiger partial charge in [-0.25, -0.2) is 0 Å². The summed E-state index contributed by atoms with van der Waals surface area (Å²) in [6.07, 6.45) is -24.3. The standard InChI is InChI=1S/C16H12F12O4/c1-2-8-3-4-9(31-6-11(29,13(17,18)19)14(20,21)22)10(5-8)32-7-12(30,15(23,24)25)16(26,27)28/h2-5,29-30H,1,6-7H2. The van der Waals surface area contributed by atoms with Crippen LogP contribution >= 0.6 is 0 Å². The van der Waals surface area contributed by atoms with Gasteiger partial charge in [0.25, 0.3) is 11.2 Å².